The van der Waals surface area contributed by atoms with Crippen LogP contribution in [0.3, 0.4) is 0 Å². The first-order valence-electron chi connectivity index (χ1n) is 12.2. The van der Waals surface area contributed by atoms with Crippen molar-refractivity contribution >= 4 is 21.9 Å². The van der Waals surface area contributed by atoms with Gasteiger partial charge in [0.2, 0.25) is 0 Å². The van der Waals surface area contributed by atoms with E-state index in [-0.39, 0.29) is 5.82 Å². The van der Waals surface area contributed by atoms with Crippen molar-refractivity contribution in [1.82, 2.24) is 35.0 Å². The van der Waals surface area contributed by atoms with E-state index in [9.17, 15) is 4.39 Å². The maximum absolute atomic E-state index is 14.6. The average molecular weight is 492 g/mol. The molecule has 6 aromatic rings. The third kappa shape index (κ3) is 4.59. The standard InChI is InChI=1S/C29H26FN7/c1-37(2)11-5-6-18-12-20(14-21(30)13-18)22-8-3-9-24-27(22)34-29(33-24)28-23-15-25(19-7-4-10-31-16-19)32-17-26(23)35-36-28/h3-4,7-10,12-17H,5-6,11H2,1-2H3,(H,33,34)(H,35,36). The summed E-state index contributed by atoms with van der Waals surface area (Å²) in [6.07, 6.45) is 7.08. The first kappa shape index (κ1) is 23.0. The molecule has 0 bridgehead atoms. The minimum atomic E-state index is -0.237. The predicted molar refractivity (Wildman–Crippen MR) is 144 cm³/mol. The van der Waals surface area contributed by atoms with Crippen LogP contribution in [0.2, 0.25) is 0 Å². The highest BCUT2D eigenvalue weighted by atomic mass is 19.1. The predicted octanol–water partition coefficient (Wildman–Crippen LogP) is 5.86. The second-order valence-corrected chi connectivity index (χ2v) is 9.47. The SMILES string of the molecule is CN(C)CCCc1cc(F)cc(-c2cccc3[nH]c(-c4n[nH]c5cnc(-c6cccnc6)cc45)nc23)c1. The monoisotopic (exact) mass is 491 g/mol. The maximum atomic E-state index is 14.6. The number of aromatic nitrogens is 6. The number of nitrogens with one attached hydrogen (secondary N) is 2. The molecule has 0 saturated heterocycles. The number of H-pyrrole nitrogens is 2. The third-order valence-corrected chi connectivity index (χ3v) is 6.48. The number of fused-ring (bicyclic) bond motifs is 2. The Morgan fingerprint density at radius 1 is 0.946 bits per heavy atom. The van der Waals surface area contributed by atoms with E-state index < -0.39 is 0 Å². The van der Waals surface area contributed by atoms with E-state index in [0.29, 0.717) is 11.5 Å². The smallest absolute Gasteiger partial charge is 0.159 e. The Bertz CT molecular complexity index is 1700. The van der Waals surface area contributed by atoms with Gasteiger partial charge in [0, 0.05) is 28.9 Å². The lowest BCUT2D eigenvalue weighted by atomic mass is 9.99. The molecule has 2 N–H and O–H groups in total. The van der Waals surface area contributed by atoms with E-state index in [1.165, 1.54) is 0 Å². The number of pyridine rings is 2. The Balaban J connectivity index is 1.41. The Morgan fingerprint density at radius 3 is 2.70 bits per heavy atom. The van der Waals surface area contributed by atoms with Crippen LogP contribution in [0.15, 0.2) is 73.2 Å². The van der Waals surface area contributed by atoms with Gasteiger partial charge >= 0.3 is 0 Å². The second kappa shape index (κ2) is 9.55. The number of benzene rings is 2. The number of hydrogen-bond donors (Lipinski definition) is 2. The number of aryl methyl sites for hydroxylation is 1. The first-order chi connectivity index (χ1) is 18.0. The number of para-hydroxylation sites is 1. The van der Waals surface area contributed by atoms with Gasteiger partial charge in [-0.05, 0) is 81.0 Å². The summed E-state index contributed by atoms with van der Waals surface area (Å²) >= 11 is 0. The summed E-state index contributed by atoms with van der Waals surface area (Å²) < 4.78 is 14.6. The first-order valence-corrected chi connectivity index (χ1v) is 12.2. The molecule has 0 amide bonds. The zero-order valence-corrected chi connectivity index (χ0v) is 20.7. The molecule has 4 heterocycles. The minimum Gasteiger partial charge on any atom is -0.337 e. The van der Waals surface area contributed by atoms with Gasteiger partial charge in [-0.25, -0.2) is 9.37 Å². The number of hydrogen-bond acceptors (Lipinski definition) is 5. The van der Waals surface area contributed by atoms with Crippen molar-refractivity contribution in [3.63, 3.8) is 0 Å². The van der Waals surface area contributed by atoms with Crippen LogP contribution in [0.1, 0.15) is 12.0 Å². The Labute approximate surface area is 213 Å². The molecule has 8 heteroatoms. The molecule has 184 valence electrons. The Hall–Kier alpha value is -4.43. The molecule has 0 fully saturated rings. The van der Waals surface area contributed by atoms with Gasteiger partial charge in [-0.2, -0.15) is 5.10 Å². The van der Waals surface area contributed by atoms with Crippen molar-refractivity contribution in [3.8, 4) is 33.9 Å². The van der Waals surface area contributed by atoms with Crippen molar-refractivity contribution in [2.24, 2.45) is 0 Å². The van der Waals surface area contributed by atoms with E-state index in [1.807, 2.05) is 50.5 Å². The molecule has 4 aromatic heterocycles. The van der Waals surface area contributed by atoms with Crippen LogP contribution < -0.4 is 0 Å². The van der Waals surface area contributed by atoms with Crippen LogP contribution in [0, 0.1) is 5.82 Å². The van der Waals surface area contributed by atoms with Gasteiger partial charge in [-0.1, -0.05) is 18.2 Å². The summed E-state index contributed by atoms with van der Waals surface area (Å²) in [5.41, 5.74) is 7.58. The molecule has 0 aliphatic heterocycles. The summed E-state index contributed by atoms with van der Waals surface area (Å²) in [4.78, 5) is 19.2. The van der Waals surface area contributed by atoms with Crippen LogP contribution >= 0.6 is 0 Å². The summed E-state index contributed by atoms with van der Waals surface area (Å²) in [5, 5.41) is 8.50. The fourth-order valence-corrected chi connectivity index (χ4v) is 4.70. The van der Waals surface area contributed by atoms with Gasteiger partial charge in [-0.3, -0.25) is 15.1 Å². The Morgan fingerprint density at radius 2 is 1.86 bits per heavy atom. The number of aromatic amines is 2. The summed E-state index contributed by atoms with van der Waals surface area (Å²) in [6, 6.07) is 17.0. The molecule has 7 nitrogen and oxygen atoms in total. The second-order valence-electron chi connectivity index (χ2n) is 9.47. The van der Waals surface area contributed by atoms with Crippen LogP contribution in [0.4, 0.5) is 4.39 Å². The van der Waals surface area contributed by atoms with Crippen LogP contribution in [0.25, 0.3) is 55.8 Å². The molecule has 0 unspecified atom stereocenters. The molecule has 0 radical (unpaired) electrons. The average Bonchev–Trinajstić information content (AvgIpc) is 3.52. The van der Waals surface area contributed by atoms with Crippen LogP contribution in [-0.2, 0) is 6.42 Å². The third-order valence-electron chi connectivity index (χ3n) is 6.48. The van der Waals surface area contributed by atoms with Gasteiger partial charge < -0.3 is 9.88 Å². The van der Waals surface area contributed by atoms with Gasteiger partial charge in [0.15, 0.2) is 5.82 Å². The zero-order valence-electron chi connectivity index (χ0n) is 20.7. The van der Waals surface area contributed by atoms with E-state index in [4.69, 9.17) is 4.98 Å². The van der Waals surface area contributed by atoms with Gasteiger partial charge in [0.25, 0.3) is 0 Å². The van der Waals surface area contributed by atoms with Crippen molar-refractivity contribution in [2.75, 3.05) is 20.6 Å². The fraction of sp³-hybridized carbons (Fsp3) is 0.172. The largest absolute Gasteiger partial charge is 0.337 e. The van der Waals surface area contributed by atoms with Gasteiger partial charge in [0.1, 0.15) is 11.5 Å². The van der Waals surface area contributed by atoms with Gasteiger partial charge in [-0.15, -0.1) is 0 Å². The van der Waals surface area contributed by atoms with Crippen molar-refractivity contribution < 1.29 is 4.39 Å². The molecule has 37 heavy (non-hydrogen) atoms. The molecular formula is C29H26FN7. The number of imidazole rings is 1. The quantitative estimate of drug-likeness (QED) is 0.292. The Kier molecular flexibility index (Phi) is 5.94. The lowest BCUT2D eigenvalue weighted by Crippen LogP contribution is -2.13. The van der Waals surface area contributed by atoms with E-state index in [0.717, 1.165) is 69.3 Å². The normalized spacial score (nSPS) is 11.7. The summed E-state index contributed by atoms with van der Waals surface area (Å²) in [5.74, 6) is 0.401. The molecule has 2 aromatic carbocycles. The van der Waals surface area contributed by atoms with E-state index in [1.54, 1.807) is 30.7 Å². The topological polar surface area (TPSA) is 86.4 Å². The molecular weight excluding hydrogens is 465 g/mol. The molecule has 0 aliphatic carbocycles. The zero-order chi connectivity index (χ0) is 25.4. The maximum Gasteiger partial charge on any atom is 0.159 e. The molecule has 0 aliphatic rings. The van der Waals surface area contributed by atoms with Crippen molar-refractivity contribution in [3.05, 3.63) is 84.6 Å². The minimum absolute atomic E-state index is 0.237. The lowest BCUT2D eigenvalue weighted by Gasteiger charge is -2.10. The highest BCUT2D eigenvalue weighted by molar-refractivity contribution is 5.97. The molecule has 6 rings (SSSR count). The highest BCUT2D eigenvalue weighted by Crippen LogP contribution is 2.33. The van der Waals surface area contributed by atoms with Crippen LogP contribution in [-0.4, -0.2) is 55.7 Å². The van der Waals surface area contributed by atoms with Crippen molar-refractivity contribution in [2.45, 2.75) is 12.8 Å². The van der Waals surface area contributed by atoms with Gasteiger partial charge in [0.05, 0.1) is 28.4 Å². The van der Waals surface area contributed by atoms with E-state index >= 15 is 0 Å². The van der Waals surface area contributed by atoms with Crippen LogP contribution in [0.5, 0.6) is 0 Å². The summed E-state index contributed by atoms with van der Waals surface area (Å²) in [7, 11) is 4.09. The molecule has 0 spiro atoms. The summed E-state index contributed by atoms with van der Waals surface area (Å²) in [6.45, 7) is 0.958. The van der Waals surface area contributed by atoms with Crippen molar-refractivity contribution in [1.29, 1.82) is 0 Å². The van der Waals surface area contributed by atoms with E-state index in [2.05, 4.69) is 36.1 Å². The molecule has 0 atom stereocenters. The number of nitrogens with zero attached hydrogens (tertiary/aromatic N) is 5. The highest BCUT2D eigenvalue weighted by Gasteiger charge is 2.17. The fourth-order valence-electron chi connectivity index (χ4n) is 4.70. The molecule has 0 saturated carbocycles. The number of halogens is 1. The number of rotatable bonds is 7. The lowest BCUT2D eigenvalue weighted by molar-refractivity contribution is 0.400.